The third-order valence-electron chi connectivity index (χ3n) is 3.75. The summed E-state index contributed by atoms with van der Waals surface area (Å²) in [7, 11) is 0. The van der Waals surface area contributed by atoms with Gasteiger partial charge in [0.25, 0.3) is 0 Å². The number of para-hydroxylation sites is 1. The smallest absolute Gasteiger partial charge is 0.0367 e. The first-order valence-corrected chi connectivity index (χ1v) is 7.28. The molecule has 2 nitrogen and oxygen atoms in total. The standard InChI is InChI=1S/C16H26N2/c1-15(2)7-6-10-17-11-13-18(14-12-17)16-8-4-3-5-9-16/h3-5,8-9,15H,6-7,10-14H2,1-2H3. The molecule has 0 saturated carbocycles. The zero-order valence-electron chi connectivity index (χ0n) is 11.8. The Hall–Kier alpha value is -1.02. The molecule has 1 aromatic rings. The van der Waals surface area contributed by atoms with Crippen molar-refractivity contribution < 1.29 is 0 Å². The van der Waals surface area contributed by atoms with Crippen LogP contribution in [0.25, 0.3) is 0 Å². The molecule has 0 radical (unpaired) electrons. The van der Waals surface area contributed by atoms with Crippen LogP contribution in [0.5, 0.6) is 0 Å². The van der Waals surface area contributed by atoms with E-state index in [1.807, 2.05) is 0 Å². The van der Waals surface area contributed by atoms with Crippen LogP contribution < -0.4 is 4.90 Å². The maximum absolute atomic E-state index is 2.61. The second-order valence-electron chi connectivity index (χ2n) is 5.70. The van der Waals surface area contributed by atoms with Crippen LogP contribution >= 0.6 is 0 Å². The van der Waals surface area contributed by atoms with Crippen LogP contribution in [0, 0.1) is 5.92 Å². The third-order valence-corrected chi connectivity index (χ3v) is 3.75. The molecular formula is C16H26N2. The molecule has 2 rings (SSSR count). The van der Waals surface area contributed by atoms with Crippen LogP contribution in [0.3, 0.4) is 0 Å². The number of anilines is 1. The molecule has 1 aliphatic rings. The fraction of sp³-hybridized carbons (Fsp3) is 0.625. The zero-order chi connectivity index (χ0) is 12.8. The number of piperazine rings is 1. The summed E-state index contributed by atoms with van der Waals surface area (Å²) in [6.45, 7) is 10.7. The highest BCUT2D eigenvalue weighted by Gasteiger charge is 2.16. The van der Waals surface area contributed by atoms with Gasteiger partial charge in [-0.2, -0.15) is 0 Å². The monoisotopic (exact) mass is 246 g/mol. The molecule has 1 aliphatic heterocycles. The Morgan fingerprint density at radius 1 is 1.00 bits per heavy atom. The second-order valence-corrected chi connectivity index (χ2v) is 5.70. The highest BCUT2D eigenvalue weighted by atomic mass is 15.3. The number of nitrogens with zero attached hydrogens (tertiary/aromatic N) is 2. The quantitative estimate of drug-likeness (QED) is 0.787. The predicted molar refractivity (Wildman–Crippen MR) is 79.2 cm³/mol. The minimum atomic E-state index is 0.843. The molecular weight excluding hydrogens is 220 g/mol. The molecule has 18 heavy (non-hydrogen) atoms. The van der Waals surface area contributed by atoms with E-state index in [1.165, 1.54) is 51.3 Å². The van der Waals surface area contributed by atoms with Crippen molar-refractivity contribution in [3.05, 3.63) is 30.3 Å². The van der Waals surface area contributed by atoms with Crippen molar-refractivity contribution in [3.8, 4) is 0 Å². The lowest BCUT2D eigenvalue weighted by Gasteiger charge is -2.36. The molecule has 0 unspecified atom stereocenters. The summed E-state index contributed by atoms with van der Waals surface area (Å²) in [5.41, 5.74) is 1.37. The van der Waals surface area contributed by atoms with Crippen molar-refractivity contribution in [1.29, 1.82) is 0 Å². The number of hydrogen-bond donors (Lipinski definition) is 0. The highest BCUT2D eigenvalue weighted by molar-refractivity contribution is 5.46. The summed E-state index contributed by atoms with van der Waals surface area (Å²) in [5, 5.41) is 0. The molecule has 2 heteroatoms. The molecule has 100 valence electrons. The van der Waals surface area contributed by atoms with Gasteiger partial charge in [0.2, 0.25) is 0 Å². The lowest BCUT2D eigenvalue weighted by Crippen LogP contribution is -2.46. The Bertz CT molecular complexity index is 326. The van der Waals surface area contributed by atoms with Crippen molar-refractivity contribution in [1.82, 2.24) is 4.90 Å². The van der Waals surface area contributed by atoms with E-state index in [0.29, 0.717) is 0 Å². The largest absolute Gasteiger partial charge is 0.369 e. The first-order chi connectivity index (χ1) is 8.75. The molecule has 0 bridgehead atoms. The van der Waals surface area contributed by atoms with E-state index in [0.717, 1.165) is 5.92 Å². The van der Waals surface area contributed by atoms with Gasteiger partial charge >= 0.3 is 0 Å². The van der Waals surface area contributed by atoms with Crippen LogP contribution in [0.1, 0.15) is 26.7 Å². The summed E-state index contributed by atoms with van der Waals surface area (Å²) in [4.78, 5) is 5.11. The van der Waals surface area contributed by atoms with Gasteiger partial charge in [0.15, 0.2) is 0 Å². The Morgan fingerprint density at radius 3 is 2.28 bits per heavy atom. The Morgan fingerprint density at radius 2 is 1.67 bits per heavy atom. The molecule has 1 heterocycles. The fourth-order valence-corrected chi connectivity index (χ4v) is 2.59. The maximum atomic E-state index is 2.61. The lowest BCUT2D eigenvalue weighted by molar-refractivity contribution is 0.248. The maximum Gasteiger partial charge on any atom is 0.0367 e. The summed E-state index contributed by atoms with van der Waals surface area (Å²) in [5.74, 6) is 0.843. The molecule has 0 N–H and O–H groups in total. The van der Waals surface area contributed by atoms with E-state index in [-0.39, 0.29) is 0 Å². The van der Waals surface area contributed by atoms with Gasteiger partial charge < -0.3 is 4.90 Å². The van der Waals surface area contributed by atoms with Gasteiger partial charge in [-0.05, 0) is 37.4 Å². The van der Waals surface area contributed by atoms with Crippen LogP contribution in [-0.2, 0) is 0 Å². The average Bonchev–Trinajstić information content (AvgIpc) is 2.40. The minimum absolute atomic E-state index is 0.843. The van der Waals surface area contributed by atoms with Crippen LogP contribution in [0.2, 0.25) is 0 Å². The van der Waals surface area contributed by atoms with E-state index in [9.17, 15) is 0 Å². The van der Waals surface area contributed by atoms with Gasteiger partial charge in [0.1, 0.15) is 0 Å². The van der Waals surface area contributed by atoms with Gasteiger partial charge in [0, 0.05) is 31.9 Å². The molecule has 0 aromatic heterocycles. The lowest BCUT2D eigenvalue weighted by atomic mass is 10.1. The van der Waals surface area contributed by atoms with Gasteiger partial charge in [-0.1, -0.05) is 32.0 Å². The number of rotatable bonds is 5. The van der Waals surface area contributed by atoms with Crippen LogP contribution in [0.4, 0.5) is 5.69 Å². The van der Waals surface area contributed by atoms with Crippen LogP contribution in [-0.4, -0.2) is 37.6 Å². The molecule has 0 aliphatic carbocycles. The molecule has 1 saturated heterocycles. The molecule has 0 spiro atoms. The van der Waals surface area contributed by atoms with Crippen molar-refractivity contribution in [3.63, 3.8) is 0 Å². The van der Waals surface area contributed by atoms with E-state index >= 15 is 0 Å². The second kappa shape index (κ2) is 6.79. The van der Waals surface area contributed by atoms with Crippen molar-refractivity contribution in [2.45, 2.75) is 26.7 Å². The molecule has 1 fully saturated rings. The molecule has 0 amide bonds. The van der Waals surface area contributed by atoms with Crippen molar-refractivity contribution >= 4 is 5.69 Å². The third kappa shape index (κ3) is 4.02. The van der Waals surface area contributed by atoms with Crippen LogP contribution in [0.15, 0.2) is 30.3 Å². The van der Waals surface area contributed by atoms with E-state index < -0.39 is 0 Å². The summed E-state index contributed by atoms with van der Waals surface area (Å²) < 4.78 is 0. The summed E-state index contributed by atoms with van der Waals surface area (Å²) in [6, 6.07) is 10.8. The molecule has 1 aromatic carbocycles. The minimum Gasteiger partial charge on any atom is -0.369 e. The Kier molecular flexibility index (Phi) is 5.06. The fourth-order valence-electron chi connectivity index (χ4n) is 2.59. The zero-order valence-corrected chi connectivity index (χ0v) is 11.8. The van der Waals surface area contributed by atoms with Gasteiger partial charge in [-0.15, -0.1) is 0 Å². The number of hydrogen-bond acceptors (Lipinski definition) is 2. The Balaban J connectivity index is 1.71. The first-order valence-electron chi connectivity index (χ1n) is 7.28. The van der Waals surface area contributed by atoms with Gasteiger partial charge in [-0.25, -0.2) is 0 Å². The number of benzene rings is 1. The predicted octanol–water partition coefficient (Wildman–Crippen LogP) is 3.24. The normalized spacial score (nSPS) is 17.4. The van der Waals surface area contributed by atoms with E-state index in [1.54, 1.807) is 0 Å². The van der Waals surface area contributed by atoms with E-state index in [4.69, 9.17) is 0 Å². The van der Waals surface area contributed by atoms with Crippen molar-refractivity contribution in [2.75, 3.05) is 37.6 Å². The highest BCUT2D eigenvalue weighted by Crippen LogP contribution is 2.16. The van der Waals surface area contributed by atoms with Gasteiger partial charge in [-0.3, -0.25) is 4.90 Å². The molecule has 0 atom stereocenters. The SMILES string of the molecule is CC(C)CCCN1CCN(c2ccccc2)CC1. The Labute approximate surface area is 112 Å². The summed E-state index contributed by atoms with van der Waals surface area (Å²) in [6.07, 6.45) is 2.71. The first kappa shape index (κ1) is 13.4. The topological polar surface area (TPSA) is 6.48 Å². The van der Waals surface area contributed by atoms with Crippen molar-refractivity contribution in [2.24, 2.45) is 5.92 Å². The van der Waals surface area contributed by atoms with Gasteiger partial charge in [0.05, 0.1) is 0 Å². The summed E-state index contributed by atoms with van der Waals surface area (Å²) >= 11 is 0. The van der Waals surface area contributed by atoms with E-state index in [2.05, 4.69) is 54.0 Å². The average molecular weight is 246 g/mol.